The summed E-state index contributed by atoms with van der Waals surface area (Å²) in [6, 6.07) is 13.3. The van der Waals surface area contributed by atoms with E-state index >= 15 is 0 Å². The summed E-state index contributed by atoms with van der Waals surface area (Å²) >= 11 is 0. The summed E-state index contributed by atoms with van der Waals surface area (Å²) in [5, 5.41) is 10.8. The first-order valence-electron chi connectivity index (χ1n) is 9.55. The molecular formula is C24H19NO5. The Labute approximate surface area is 173 Å². The number of non-ortho nitro benzene ring substituents is 1. The molecule has 1 atom stereocenters. The number of nitrogens with zero attached hydrogens (tertiary/aromatic N) is 1. The van der Waals surface area contributed by atoms with Crippen LogP contribution >= 0.6 is 0 Å². The van der Waals surface area contributed by atoms with Gasteiger partial charge in [-0.3, -0.25) is 10.1 Å². The molecule has 2 aliphatic carbocycles. The standard InChI is InChI=1S/C24H19NO5/c26-24(29-21-14-12-20(13-15-21)25(27)28)30-23-16-19-8-5-4-6-17(19)10-11-18-7-2-1-3-9-22(18)23/h1-6,8-15,23H,7,16H2. The van der Waals surface area contributed by atoms with Gasteiger partial charge in [0.05, 0.1) is 4.92 Å². The van der Waals surface area contributed by atoms with E-state index in [0.717, 1.165) is 28.7 Å². The van der Waals surface area contributed by atoms with Gasteiger partial charge in [0, 0.05) is 18.6 Å². The van der Waals surface area contributed by atoms with Crippen molar-refractivity contribution in [2.45, 2.75) is 18.9 Å². The molecule has 0 saturated carbocycles. The Morgan fingerprint density at radius 1 is 1.00 bits per heavy atom. The first kappa shape index (κ1) is 19.4. The van der Waals surface area contributed by atoms with E-state index < -0.39 is 17.2 Å². The van der Waals surface area contributed by atoms with E-state index in [1.807, 2.05) is 42.5 Å². The van der Waals surface area contributed by atoms with Crippen LogP contribution in [0, 0.1) is 10.1 Å². The van der Waals surface area contributed by atoms with Crippen LogP contribution in [-0.2, 0) is 11.2 Å². The van der Waals surface area contributed by atoms with Crippen molar-refractivity contribution in [1.29, 1.82) is 0 Å². The average Bonchev–Trinajstić information content (AvgIpc) is 2.97. The molecule has 0 aromatic heterocycles. The summed E-state index contributed by atoms with van der Waals surface area (Å²) in [4.78, 5) is 22.8. The van der Waals surface area contributed by atoms with Crippen molar-refractivity contribution in [3.8, 4) is 5.75 Å². The van der Waals surface area contributed by atoms with Gasteiger partial charge in [-0.15, -0.1) is 0 Å². The lowest BCUT2D eigenvalue weighted by Crippen LogP contribution is -2.26. The highest BCUT2D eigenvalue weighted by molar-refractivity contribution is 5.66. The molecule has 0 aliphatic heterocycles. The van der Waals surface area contributed by atoms with Crippen molar-refractivity contribution < 1.29 is 19.2 Å². The molecule has 0 radical (unpaired) electrons. The van der Waals surface area contributed by atoms with E-state index in [4.69, 9.17) is 9.47 Å². The van der Waals surface area contributed by atoms with Crippen LogP contribution in [0.5, 0.6) is 5.75 Å². The molecule has 0 amide bonds. The van der Waals surface area contributed by atoms with Gasteiger partial charge in [0.25, 0.3) is 5.69 Å². The molecule has 150 valence electrons. The quantitative estimate of drug-likeness (QED) is 0.291. The van der Waals surface area contributed by atoms with Crippen molar-refractivity contribution in [2.24, 2.45) is 0 Å². The summed E-state index contributed by atoms with van der Waals surface area (Å²) in [5.74, 6) is 0.184. The number of nitro groups is 1. The van der Waals surface area contributed by atoms with Crippen LogP contribution in [0.2, 0.25) is 0 Å². The van der Waals surface area contributed by atoms with Crippen LogP contribution < -0.4 is 4.74 Å². The fourth-order valence-electron chi connectivity index (χ4n) is 3.50. The van der Waals surface area contributed by atoms with Crippen LogP contribution in [0.25, 0.3) is 6.08 Å². The van der Waals surface area contributed by atoms with E-state index in [1.54, 1.807) is 0 Å². The molecule has 2 aromatic rings. The third-order valence-corrected chi connectivity index (χ3v) is 4.99. The summed E-state index contributed by atoms with van der Waals surface area (Å²) in [6.45, 7) is 0. The number of carbonyl (C=O) groups excluding carboxylic acids is 1. The van der Waals surface area contributed by atoms with Gasteiger partial charge in [-0.25, -0.2) is 4.79 Å². The Morgan fingerprint density at radius 2 is 1.80 bits per heavy atom. The minimum Gasteiger partial charge on any atom is -0.425 e. The summed E-state index contributed by atoms with van der Waals surface area (Å²) in [5.41, 5.74) is 4.07. The second-order valence-corrected chi connectivity index (χ2v) is 6.92. The lowest BCUT2D eigenvalue weighted by Gasteiger charge is -2.23. The van der Waals surface area contributed by atoms with Crippen LogP contribution in [0.3, 0.4) is 0 Å². The molecule has 4 rings (SSSR count). The second kappa shape index (κ2) is 8.61. The monoisotopic (exact) mass is 401 g/mol. The summed E-state index contributed by atoms with van der Waals surface area (Å²) in [6.07, 6.45) is 11.9. The average molecular weight is 401 g/mol. The molecule has 2 aliphatic rings. The van der Waals surface area contributed by atoms with Gasteiger partial charge < -0.3 is 9.47 Å². The van der Waals surface area contributed by atoms with Gasteiger partial charge in [-0.05, 0) is 40.8 Å². The van der Waals surface area contributed by atoms with E-state index in [1.165, 1.54) is 24.3 Å². The van der Waals surface area contributed by atoms with Gasteiger partial charge in [-0.2, -0.15) is 0 Å². The predicted molar refractivity (Wildman–Crippen MR) is 113 cm³/mol. The van der Waals surface area contributed by atoms with Crippen molar-refractivity contribution in [3.63, 3.8) is 0 Å². The van der Waals surface area contributed by atoms with Crippen LogP contribution in [-0.4, -0.2) is 17.2 Å². The minimum atomic E-state index is -0.853. The predicted octanol–water partition coefficient (Wildman–Crippen LogP) is 5.56. The number of benzene rings is 2. The Bertz CT molecular complexity index is 1090. The number of nitro benzene ring substituents is 1. The van der Waals surface area contributed by atoms with Gasteiger partial charge in [-0.1, -0.05) is 60.7 Å². The topological polar surface area (TPSA) is 78.7 Å². The van der Waals surface area contributed by atoms with E-state index in [2.05, 4.69) is 18.2 Å². The van der Waals surface area contributed by atoms with Crippen LogP contribution in [0.15, 0.2) is 90.1 Å². The van der Waals surface area contributed by atoms with Crippen molar-refractivity contribution in [2.75, 3.05) is 0 Å². The molecule has 0 N–H and O–H groups in total. The van der Waals surface area contributed by atoms with Crippen molar-refractivity contribution in [3.05, 3.63) is 111 Å². The number of allylic oxidation sites excluding steroid dienone is 5. The third kappa shape index (κ3) is 4.38. The Kier molecular flexibility index (Phi) is 5.57. The molecule has 6 nitrogen and oxygen atoms in total. The maximum absolute atomic E-state index is 12.5. The molecule has 0 saturated heterocycles. The zero-order valence-corrected chi connectivity index (χ0v) is 16.1. The molecule has 30 heavy (non-hydrogen) atoms. The number of hydrogen-bond acceptors (Lipinski definition) is 5. The summed E-state index contributed by atoms with van der Waals surface area (Å²) in [7, 11) is 0. The smallest absolute Gasteiger partial charge is 0.425 e. The Balaban J connectivity index is 1.58. The fourth-order valence-corrected chi connectivity index (χ4v) is 3.50. The Morgan fingerprint density at radius 3 is 2.60 bits per heavy atom. The zero-order chi connectivity index (χ0) is 20.9. The number of fused-ring (bicyclic) bond motifs is 1. The van der Waals surface area contributed by atoms with E-state index in [-0.39, 0.29) is 11.4 Å². The first-order valence-corrected chi connectivity index (χ1v) is 9.55. The third-order valence-electron chi connectivity index (χ3n) is 4.99. The Hall–Kier alpha value is -3.93. The molecular weight excluding hydrogens is 382 g/mol. The molecule has 0 heterocycles. The normalized spacial score (nSPS) is 17.3. The minimum absolute atomic E-state index is 0.0787. The van der Waals surface area contributed by atoms with Gasteiger partial charge >= 0.3 is 6.16 Å². The first-order chi connectivity index (χ1) is 14.6. The number of ether oxygens (including phenoxy) is 2. The van der Waals surface area contributed by atoms with Crippen molar-refractivity contribution in [1.82, 2.24) is 0 Å². The molecule has 0 fully saturated rings. The fraction of sp³-hybridized carbons (Fsp3) is 0.125. The number of rotatable bonds is 3. The molecule has 6 heteroatoms. The lowest BCUT2D eigenvalue weighted by molar-refractivity contribution is -0.384. The molecule has 0 spiro atoms. The van der Waals surface area contributed by atoms with Gasteiger partial charge in [0.2, 0.25) is 0 Å². The van der Waals surface area contributed by atoms with E-state index in [9.17, 15) is 14.9 Å². The van der Waals surface area contributed by atoms with Crippen LogP contribution in [0.4, 0.5) is 10.5 Å². The molecule has 2 aromatic carbocycles. The summed E-state index contributed by atoms with van der Waals surface area (Å²) < 4.78 is 11.0. The van der Waals surface area contributed by atoms with Crippen molar-refractivity contribution >= 4 is 17.9 Å². The largest absolute Gasteiger partial charge is 0.514 e. The maximum atomic E-state index is 12.5. The lowest BCUT2D eigenvalue weighted by atomic mass is 9.90. The highest BCUT2D eigenvalue weighted by Gasteiger charge is 2.24. The molecule has 1 unspecified atom stereocenters. The van der Waals surface area contributed by atoms with Crippen LogP contribution in [0.1, 0.15) is 17.5 Å². The SMILES string of the molecule is O=C(Oc1ccc([N+](=O)[O-])cc1)OC1Cc2ccccc2C=CC2=C1C=CC=CC2. The number of carbonyl (C=O) groups is 1. The zero-order valence-electron chi connectivity index (χ0n) is 16.1. The van der Waals surface area contributed by atoms with E-state index in [0.29, 0.717) is 6.42 Å². The van der Waals surface area contributed by atoms with Gasteiger partial charge in [0.1, 0.15) is 11.9 Å². The molecule has 0 bridgehead atoms. The van der Waals surface area contributed by atoms with Gasteiger partial charge in [0.15, 0.2) is 0 Å². The second-order valence-electron chi connectivity index (χ2n) is 6.92. The maximum Gasteiger partial charge on any atom is 0.514 e. The highest BCUT2D eigenvalue weighted by Crippen LogP contribution is 2.29. The highest BCUT2D eigenvalue weighted by atomic mass is 16.7. The number of hydrogen-bond donors (Lipinski definition) is 0.